The number of aliphatic hydroxyl groups excluding tert-OH is 1. The summed E-state index contributed by atoms with van der Waals surface area (Å²) in [7, 11) is 3.65. The van der Waals surface area contributed by atoms with E-state index in [9.17, 15) is 5.11 Å². The summed E-state index contributed by atoms with van der Waals surface area (Å²) in [5, 5.41) is 9.90. The van der Waals surface area contributed by atoms with Crippen molar-refractivity contribution in [3.05, 3.63) is 23.8 Å². The second kappa shape index (κ2) is 4.72. The zero-order chi connectivity index (χ0) is 11.5. The molecule has 1 aliphatic heterocycles. The molecule has 0 bridgehead atoms. The molecule has 1 unspecified atom stereocenters. The maximum atomic E-state index is 9.90. The molecule has 4 heteroatoms. The summed E-state index contributed by atoms with van der Waals surface area (Å²) in [5.74, 6) is 1.48. The van der Waals surface area contributed by atoms with Crippen LogP contribution in [0.2, 0.25) is 0 Å². The normalized spacial score (nSPS) is 17.0. The maximum absolute atomic E-state index is 9.90. The van der Waals surface area contributed by atoms with E-state index in [1.165, 1.54) is 0 Å². The van der Waals surface area contributed by atoms with Crippen LogP contribution in [0.4, 0.5) is 0 Å². The van der Waals surface area contributed by atoms with Gasteiger partial charge in [0.05, 0.1) is 13.2 Å². The summed E-state index contributed by atoms with van der Waals surface area (Å²) in [5.41, 5.74) is 0.814. The van der Waals surface area contributed by atoms with E-state index in [2.05, 4.69) is 0 Å². The summed E-state index contributed by atoms with van der Waals surface area (Å²) >= 11 is 0. The van der Waals surface area contributed by atoms with Gasteiger partial charge < -0.3 is 14.6 Å². The first-order valence-corrected chi connectivity index (χ1v) is 5.42. The predicted molar refractivity (Wildman–Crippen MR) is 60.7 cm³/mol. The van der Waals surface area contributed by atoms with Crippen LogP contribution >= 0.6 is 0 Å². The molecule has 88 valence electrons. The molecule has 1 aromatic carbocycles. The number of fused-ring (bicyclic) bond motifs is 1. The molecule has 1 N–H and O–H groups in total. The lowest BCUT2D eigenvalue weighted by Gasteiger charge is -2.19. The van der Waals surface area contributed by atoms with Gasteiger partial charge in [-0.15, -0.1) is 0 Å². The van der Waals surface area contributed by atoms with Crippen LogP contribution in [-0.4, -0.2) is 37.3 Å². The van der Waals surface area contributed by atoms with Gasteiger partial charge in [0.1, 0.15) is 6.23 Å². The Morgan fingerprint density at radius 2 is 1.88 bits per heavy atom. The van der Waals surface area contributed by atoms with Gasteiger partial charge in [0.15, 0.2) is 11.5 Å². The van der Waals surface area contributed by atoms with Crippen molar-refractivity contribution < 1.29 is 14.6 Å². The van der Waals surface area contributed by atoms with Gasteiger partial charge in [0.25, 0.3) is 0 Å². The molecular weight excluding hydrogens is 206 g/mol. The second-order valence-corrected chi connectivity index (χ2v) is 4.09. The minimum atomic E-state index is -0.614. The zero-order valence-electron chi connectivity index (χ0n) is 9.64. The highest BCUT2D eigenvalue weighted by atomic mass is 16.5. The standard InChI is InChI=1S/C12H17NO3/c1-13(2)12(14)9-4-5-10-11(8-9)16-7-3-6-15-10/h4-5,8,12,14H,3,6-7H2,1-2H3. The SMILES string of the molecule is CN(C)C(O)c1ccc2c(c1)OCCCO2. The first kappa shape index (κ1) is 11.2. The number of benzene rings is 1. The van der Waals surface area contributed by atoms with Gasteiger partial charge in [0.2, 0.25) is 0 Å². The van der Waals surface area contributed by atoms with Crippen LogP contribution in [0.15, 0.2) is 18.2 Å². The third kappa shape index (κ3) is 2.28. The molecule has 1 heterocycles. The average Bonchev–Trinajstić information content (AvgIpc) is 2.51. The Morgan fingerprint density at radius 1 is 1.19 bits per heavy atom. The van der Waals surface area contributed by atoms with Crippen molar-refractivity contribution >= 4 is 0 Å². The summed E-state index contributed by atoms with van der Waals surface area (Å²) in [6.07, 6.45) is 0.275. The average molecular weight is 223 g/mol. The Balaban J connectivity index is 2.27. The molecule has 0 amide bonds. The molecule has 0 saturated heterocycles. The molecule has 1 aromatic rings. The quantitative estimate of drug-likeness (QED) is 0.769. The number of rotatable bonds is 2. The molecular formula is C12H17NO3. The molecule has 1 aliphatic rings. The van der Waals surface area contributed by atoms with Crippen molar-refractivity contribution in [3.63, 3.8) is 0 Å². The first-order chi connectivity index (χ1) is 7.68. The van der Waals surface area contributed by atoms with E-state index in [1.54, 1.807) is 4.90 Å². The number of hydrogen-bond donors (Lipinski definition) is 1. The number of aliphatic hydroxyl groups is 1. The van der Waals surface area contributed by atoms with Gasteiger partial charge >= 0.3 is 0 Å². The molecule has 1 atom stereocenters. The number of nitrogens with zero attached hydrogens (tertiary/aromatic N) is 1. The maximum Gasteiger partial charge on any atom is 0.161 e. The van der Waals surface area contributed by atoms with Crippen LogP contribution in [0.3, 0.4) is 0 Å². The van der Waals surface area contributed by atoms with E-state index in [-0.39, 0.29) is 0 Å². The molecule has 16 heavy (non-hydrogen) atoms. The van der Waals surface area contributed by atoms with Crippen LogP contribution in [-0.2, 0) is 0 Å². The minimum Gasteiger partial charge on any atom is -0.490 e. The molecule has 0 aliphatic carbocycles. The van der Waals surface area contributed by atoms with Crippen molar-refractivity contribution in [2.45, 2.75) is 12.6 Å². The molecule has 0 spiro atoms. The van der Waals surface area contributed by atoms with Crippen molar-refractivity contribution in [1.29, 1.82) is 0 Å². The Morgan fingerprint density at radius 3 is 2.56 bits per heavy atom. The topological polar surface area (TPSA) is 41.9 Å². The summed E-state index contributed by atoms with van der Waals surface area (Å²) < 4.78 is 11.1. The van der Waals surface area contributed by atoms with Crippen LogP contribution in [0.1, 0.15) is 18.2 Å². The molecule has 0 saturated carbocycles. The highest BCUT2D eigenvalue weighted by Crippen LogP contribution is 2.32. The summed E-state index contributed by atoms with van der Waals surface area (Å²) in [6, 6.07) is 5.55. The van der Waals surface area contributed by atoms with Crippen LogP contribution in [0, 0.1) is 0 Å². The monoisotopic (exact) mass is 223 g/mol. The van der Waals surface area contributed by atoms with Gasteiger partial charge in [0, 0.05) is 6.42 Å². The highest BCUT2D eigenvalue weighted by Gasteiger charge is 2.15. The zero-order valence-corrected chi connectivity index (χ0v) is 9.64. The molecule has 4 nitrogen and oxygen atoms in total. The fourth-order valence-electron chi connectivity index (χ4n) is 1.64. The predicted octanol–water partition coefficient (Wildman–Crippen LogP) is 1.40. The summed E-state index contributed by atoms with van der Waals surface area (Å²) in [4.78, 5) is 1.74. The van der Waals surface area contributed by atoms with E-state index in [0.29, 0.717) is 13.2 Å². The van der Waals surface area contributed by atoms with E-state index in [4.69, 9.17) is 9.47 Å². The minimum absolute atomic E-state index is 0.614. The summed E-state index contributed by atoms with van der Waals surface area (Å²) in [6.45, 7) is 1.34. The Labute approximate surface area is 95.4 Å². The largest absolute Gasteiger partial charge is 0.490 e. The smallest absolute Gasteiger partial charge is 0.161 e. The van der Waals surface area contributed by atoms with E-state index < -0.39 is 6.23 Å². The van der Waals surface area contributed by atoms with E-state index >= 15 is 0 Å². The molecule has 0 fully saturated rings. The molecule has 2 rings (SSSR count). The lowest BCUT2D eigenvalue weighted by atomic mass is 10.1. The lowest BCUT2D eigenvalue weighted by molar-refractivity contribution is 0.0393. The molecule has 0 radical (unpaired) electrons. The van der Waals surface area contributed by atoms with Gasteiger partial charge in [-0.3, -0.25) is 4.90 Å². The Kier molecular flexibility index (Phi) is 3.31. The van der Waals surface area contributed by atoms with Crippen molar-refractivity contribution in [2.75, 3.05) is 27.3 Å². The fraction of sp³-hybridized carbons (Fsp3) is 0.500. The van der Waals surface area contributed by atoms with Gasteiger partial charge in [-0.2, -0.15) is 0 Å². The lowest BCUT2D eigenvalue weighted by Crippen LogP contribution is -2.19. The molecule has 0 aromatic heterocycles. The van der Waals surface area contributed by atoms with Crippen LogP contribution in [0.25, 0.3) is 0 Å². The number of hydrogen-bond acceptors (Lipinski definition) is 4. The van der Waals surface area contributed by atoms with E-state index in [0.717, 1.165) is 23.5 Å². The number of ether oxygens (including phenoxy) is 2. The van der Waals surface area contributed by atoms with Gasteiger partial charge in [-0.1, -0.05) is 6.07 Å². The van der Waals surface area contributed by atoms with Crippen LogP contribution < -0.4 is 9.47 Å². The second-order valence-electron chi connectivity index (χ2n) is 4.09. The van der Waals surface area contributed by atoms with Crippen LogP contribution in [0.5, 0.6) is 11.5 Å². The Bertz CT molecular complexity index is 365. The van der Waals surface area contributed by atoms with E-state index in [1.807, 2.05) is 32.3 Å². The Hall–Kier alpha value is -1.26. The van der Waals surface area contributed by atoms with Crippen molar-refractivity contribution in [2.24, 2.45) is 0 Å². The fourth-order valence-corrected chi connectivity index (χ4v) is 1.64. The van der Waals surface area contributed by atoms with Gasteiger partial charge in [-0.05, 0) is 31.8 Å². The third-order valence-electron chi connectivity index (χ3n) is 2.56. The van der Waals surface area contributed by atoms with Gasteiger partial charge in [-0.25, -0.2) is 0 Å². The first-order valence-electron chi connectivity index (χ1n) is 5.42. The highest BCUT2D eigenvalue weighted by molar-refractivity contribution is 5.43. The third-order valence-corrected chi connectivity index (χ3v) is 2.56. The van der Waals surface area contributed by atoms with Crippen molar-refractivity contribution in [1.82, 2.24) is 4.90 Å². The van der Waals surface area contributed by atoms with Crippen molar-refractivity contribution in [3.8, 4) is 11.5 Å².